The van der Waals surface area contributed by atoms with Gasteiger partial charge in [0.25, 0.3) is 0 Å². The summed E-state index contributed by atoms with van der Waals surface area (Å²) >= 11 is 0. The van der Waals surface area contributed by atoms with Gasteiger partial charge in [-0.05, 0) is 37.0 Å². The lowest BCUT2D eigenvalue weighted by Crippen LogP contribution is -2.55. The summed E-state index contributed by atoms with van der Waals surface area (Å²) in [5, 5.41) is 2.63. The number of benzene rings is 2. The van der Waals surface area contributed by atoms with Crippen molar-refractivity contribution in [2.45, 2.75) is 46.3 Å². The second kappa shape index (κ2) is 12.7. The van der Waals surface area contributed by atoms with Crippen LogP contribution in [-0.2, 0) is 30.5 Å². The summed E-state index contributed by atoms with van der Waals surface area (Å²) in [4.78, 5) is 53.3. The summed E-state index contributed by atoms with van der Waals surface area (Å²) < 4.78 is 10.0. The molecule has 0 aliphatic carbocycles. The van der Waals surface area contributed by atoms with Gasteiger partial charge in [0.2, 0.25) is 5.91 Å². The molecular weight excluding hydrogens is 448 g/mol. The van der Waals surface area contributed by atoms with Crippen LogP contribution in [0.15, 0.2) is 60.7 Å². The number of ketones is 1. The average molecular weight is 483 g/mol. The minimum atomic E-state index is -1.60. The van der Waals surface area contributed by atoms with E-state index in [4.69, 9.17) is 9.47 Å². The highest BCUT2D eigenvalue weighted by atomic mass is 16.5. The number of Topliss-reactive ketones (excluding diaryl/α,β-unsaturated/α-hetero) is 1. The maximum Gasteiger partial charge on any atom is 0.408 e. The molecule has 8 nitrogen and oxygen atoms in total. The maximum absolute atomic E-state index is 13.8. The first kappa shape index (κ1) is 27.6. The molecule has 0 saturated heterocycles. The number of hydrogen-bond acceptors (Lipinski definition) is 6. The zero-order valence-electron chi connectivity index (χ0n) is 20.9. The SMILES string of the molecule is COC(=O)CC[C@@](C)(C(=O)[C@@H](NC(=O)OCc1ccccc1)C(C)C)C(=O)N(C)c1ccccc1. The number of esters is 1. The molecule has 2 aromatic rings. The Kier molecular flexibility index (Phi) is 9.99. The Labute approximate surface area is 206 Å². The molecule has 2 aromatic carbocycles. The molecular formula is C27H34N2O6. The average Bonchev–Trinajstić information content (AvgIpc) is 2.88. The number of anilines is 1. The fourth-order valence-electron chi connectivity index (χ4n) is 3.70. The third kappa shape index (κ3) is 7.40. The first-order chi connectivity index (χ1) is 16.6. The predicted octanol–water partition coefficient (Wildman–Crippen LogP) is 4.13. The lowest BCUT2D eigenvalue weighted by molar-refractivity contribution is -0.145. The molecule has 0 aliphatic heterocycles. The number of nitrogens with one attached hydrogen (secondary N) is 1. The van der Waals surface area contributed by atoms with E-state index in [0.717, 1.165) is 5.56 Å². The highest BCUT2D eigenvalue weighted by Gasteiger charge is 2.47. The van der Waals surface area contributed by atoms with Crippen molar-refractivity contribution >= 4 is 29.4 Å². The molecule has 0 bridgehead atoms. The Morgan fingerprint density at radius 2 is 1.54 bits per heavy atom. The summed E-state index contributed by atoms with van der Waals surface area (Å²) in [5.74, 6) is -1.85. The Balaban J connectivity index is 2.27. The van der Waals surface area contributed by atoms with Gasteiger partial charge in [-0.2, -0.15) is 0 Å². The van der Waals surface area contributed by atoms with Crippen molar-refractivity contribution in [2.24, 2.45) is 11.3 Å². The van der Waals surface area contributed by atoms with Crippen LogP contribution in [0.1, 0.15) is 39.2 Å². The van der Waals surface area contributed by atoms with E-state index >= 15 is 0 Å². The van der Waals surface area contributed by atoms with Gasteiger partial charge in [-0.25, -0.2) is 4.79 Å². The molecule has 8 heteroatoms. The van der Waals surface area contributed by atoms with Crippen LogP contribution in [0, 0.1) is 11.3 Å². The van der Waals surface area contributed by atoms with Crippen LogP contribution in [0.4, 0.5) is 10.5 Å². The molecule has 35 heavy (non-hydrogen) atoms. The highest BCUT2D eigenvalue weighted by molar-refractivity contribution is 6.14. The number of para-hydroxylation sites is 1. The van der Waals surface area contributed by atoms with E-state index in [2.05, 4.69) is 5.32 Å². The van der Waals surface area contributed by atoms with Crippen LogP contribution in [-0.4, -0.2) is 44.0 Å². The molecule has 2 amide bonds. The number of amides is 2. The minimum Gasteiger partial charge on any atom is -0.469 e. The first-order valence-corrected chi connectivity index (χ1v) is 11.5. The molecule has 1 N–H and O–H groups in total. The summed E-state index contributed by atoms with van der Waals surface area (Å²) in [6.07, 6.45) is -0.963. The van der Waals surface area contributed by atoms with Crippen LogP contribution in [0.2, 0.25) is 0 Å². The number of carbonyl (C=O) groups excluding carboxylic acids is 4. The van der Waals surface area contributed by atoms with Crippen molar-refractivity contribution in [2.75, 3.05) is 19.1 Å². The van der Waals surface area contributed by atoms with E-state index in [0.29, 0.717) is 5.69 Å². The zero-order chi connectivity index (χ0) is 26.0. The van der Waals surface area contributed by atoms with E-state index in [1.54, 1.807) is 45.2 Å². The van der Waals surface area contributed by atoms with Gasteiger partial charge in [0, 0.05) is 19.2 Å². The van der Waals surface area contributed by atoms with Gasteiger partial charge in [0.15, 0.2) is 5.78 Å². The van der Waals surface area contributed by atoms with Crippen LogP contribution in [0.3, 0.4) is 0 Å². The van der Waals surface area contributed by atoms with Crippen molar-refractivity contribution in [3.05, 3.63) is 66.2 Å². The van der Waals surface area contributed by atoms with Crippen molar-refractivity contribution in [1.29, 1.82) is 0 Å². The number of rotatable bonds is 11. The normalized spacial score (nSPS) is 13.3. The molecule has 0 heterocycles. The van der Waals surface area contributed by atoms with Crippen molar-refractivity contribution in [1.82, 2.24) is 5.32 Å². The summed E-state index contributed by atoms with van der Waals surface area (Å²) in [6.45, 7) is 5.09. The Morgan fingerprint density at radius 3 is 2.09 bits per heavy atom. The molecule has 0 radical (unpaired) electrons. The van der Waals surface area contributed by atoms with E-state index < -0.39 is 35.2 Å². The third-order valence-corrected chi connectivity index (χ3v) is 5.96. The molecule has 0 aliphatic rings. The minimum absolute atomic E-state index is 0.0426. The van der Waals surface area contributed by atoms with E-state index in [9.17, 15) is 19.2 Å². The summed E-state index contributed by atoms with van der Waals surface area (Å²) in [5.41, 5.74) is -0.191. The number of methoxy groups -OCH3 is 1. The molecule has 2 atom stereocenters. The lowest BCUT2D eigenvalue weighted by Gasteiger charge is -2.35. The largest absolute Gasteiger partial charge is 0.469 e. The number of alkyl carbamates (subject to hydrolysis) is 1. The number of carbonyl (C=O) groups is 4. The van der Waals surface area contributed by atoms with Gasteiger partial charge in [-0.1, -0.05) is 62.4 Å². The monoisotopic (exact) mass is 482 g/mol. The number of hydrogen-bond donors (Lipinski definition) is 1. The topological polar surface area (TPSA) is 102 Å². The Bertz CT molecular complexity index is 1010. The highest BCUT2D eigenvalue weighted by Crippen LogP contribution is 2.32. The number of nitrogens with zero attached hydrogens (tertiary/aromatic N) is 1. The zero-order valence-corrected chi connectivity index (χ0v) is 20.9. The van der Waals surface area contributed by atoms with Crippen molar-refractivity contribution in [3.63, 3.8) is 0 Å². The van der Waals surface area contributed by atoms with Gasteiger partial charge in [-0.15, -0.1) is 0 Å². The third-order valence-electron chi connectivity index (χ3n) is 5.96. The van der Waals surface area contributed by atoms with Gasteiger partial charge in [0.05, 0.1) is 13.2 Å². The van der Waals surface area contributed by atoms with Crippen molar-refractivity contribution < 1.29 is 28.7 Å². The molecule has 188 valence electrons. The first-order valence-electron chi connectivity index (χ1n) is 11.5. The van der Waals surface area contributed by atoms with Gasteiger partial charge < -0.3 is 19.7 Å². The Morgan fingerprint density at radius 1 is 0.971 bits per heavy atom. The van der Waals surface area contributed by atoms with Crippen LogP contribution in [0.5, 0.6) is 0 Å². The molecule has 0 spiro atoms. The molecule has 0 fully saturated rings. The smallest absolute Gasteiger partial charge is 0.408 e. The quantitative estimate of drug-likeness (QED) is 0.382. The van der Waals surface area contributed by atoms with E-state index in [1.165, 1.54) is 18.9 Å². The predicted molar refractivity (Wildman–Crippen MR) is 133 cm³/mol. The second-order valence-corrected chi connectivity index (χ2v) is 8.90. The molecule has 0 aromatic heterocycles. The summed E-state index contributed by atoms with van der Waals surface area (Å²) in [6, 6.07) is 17.1. The molecule has 0 unspecified atom stereocenters. The van der Waals surface area contributed by atoms with Gasteiger partial charge in [0.1, 0.15) is 12.0 Å². The fourth-order valence-corrected chi connectivity index (χ4v) is 3.70. The maximum atomic E-state index is 13.8. The molecule has 2 rings (SSSR count). The summed E-state index contributed by atoms with van der Waals surface area (Å²) in [7, 11) is 2.83. The Hall–Kier alpha value is -3.68. The molecule has 0 saturated carbocycles. The van der Waals surface area contributed by atoms with Gasteiger partial charge in [-0.3, -0.25) is 14.4 Å². The standard InChI is InChI=1S/C27H34N2O6/c1-19(2)23(28-26(33)35-18-20-12-8-6-9-13-20)24(31)27(3,17-16-22(30)34-5)25(32)29(4)21-14-10-7-11-15-21/h6-15,19,23H,16-18H2,1-5H3,(H,28,33)/t23-,27-/m0/s1. The van der Waals surface area contributed by atoms with Crippen LogP contribution in [0.25, 0.3) is 0 Å². The van der Waals surface area contributed by atoms with E-state index in [1.807, 2.05) is 36.4 Å². The lowest BCUT2D eigenvalue weighted by atomic mass is 9.74. The van der Waals surface area contributed by atoms with Crippen LogP contribution >= 0.6 is 0 Å². The fraction of sp³-hybridized carbons (Fsp3) is 0.407. The van der Waals surface area contributed by atoms with Crippen molar-refractivity contribution in [3.8, 4) is 0 Å². The second-order valence-electron chi connectivity index (χ2n) is 8.90. The number of ether oxygens (including phenoxy) is 2. The van der Waals surface area contributed by atoms with Gasteiger partial charge >= 0.3 is 12.1 Å². The van der Waals surface area contributed by atoms with E-state index in [-0.39, 0.29) is 25.4 Å². The van der Waals surface area contributed by atoms with Crippen LogP contribution < -0.4 is 10.2 Å².